The van der Waals surface area contributed by atoms with Crippen LogP contribution in [0.4, 0.5) is 34.1 Å². The van der Waals surface area contributed by atoms with Crippen molar-refractivity contribution in [3.8, 4) is 5.75 Å². The lowest BCUT2D eigenvalue weighted by Crippen LogP contribution is -2.41. The van der Waals surface area contributed by atoms with E-state index in [9.17, 15) is 27.5 Å². The van der Waals surface area contributed by atoms with E-state index in [1.165, 1.54) is 30.2 Å². The first-order valence-electron chi connectivity index (χ1n) is 9.28. The molecule has 1 aliphatic heterocycles. The molecule has 1 amide bonds. The number of carbonyl (C=O) groups is 1. The molecule has 3 rings (SSSR count). The maximum absolute atomic E-state index is 14.1. The van der Waals surface area contributed by atoms with Gasteiger partial charge in [0.15, 0.2) is 18.2 Å². The van der Waals surface area contributed by atoms with Crippen molar-refractivity contribution in [1.82, 2.24) is 9.97 Å². The van der Waals surface area contributed by atoms with E-state index in [0.717, 1.165) is 12.1 Å². The maximum Gasteiger partial charge on any atom is 0.422 e. The van der Waals surface area contributed by atoms with Crippen LogP contribution in [0.1, 0.15) is 25.5 Å². The minimum atomic E-state index is -4.57. The summed E-state index contributed by atoms with van der Waals surface area (Å²) in [5.41, 5.74) is 0.410. The SMILES string of the molecule is C[C@H](Nc1nccc(N2C(=O)OCC2[C@@H](C)O)n1)c1ccc(OCC(F)(F)F)c(F)c1. The Morgan fingerprint density at radius 2 is 2.10 bits per heavy atom. The van der Waals surface area contributed by atoms with Gasteiger partial charge in [-0.1, -0.05) is 6.07 Å². The summed E-state index contributed by atoms with van der Waals surface area (Å²) in [6, 6.07) is 3.92. The van der Waals surface area contributed by atoms with Gasteiger partial charge >= 0.3 is 12.3 Å². The predicted molar refractivity (Wildman–Crippen MR) is 101 cm³/mol. The molecule has 8 nitrogen and oxygen atoms in total. The van der Waals surface area contributed by atoms with Crippen molar-refractivity contribution < 1.29 is 36.9 Å². The fraction of sp³-hybridized carbons (Fsp3) is 0.421. The normalized spacial score (nSPS) is 18.5. The first kappa shape index (κ1) is 22.5. The largest absolute Gasteiger partial charge is 0.481 e. The van der Waals surface area contributed by atoms with E-state index in [-0.39, 0.29) is 18.4 Å². The highest BCUT2D eigenvalue weighted by Crippen LogP contribution is 2.27. The number of aliphatic hydroxyl groups excluding tert-OH is 1. The molecule has 168 valence electrons. The van der Waals surface area contributed by atoms with Crippen molar-refractivity contribution in [3.63, 3.8) is 0 Å². The topological polar surface area (TPSA) is 96.8 Å². The Bertz CT molecular complexity index is 941. The van der Waals surface area contributed by atoms with Crippen LogP contribution in [0.3, 0.4) is 0 Å². The Morgan fingerprint density at radius 1 is 1.35 bits per heavy atom. The lowest BCUT2D eigenvalue weighted by atomic mass is 10.1. The molecule has 1 fully saturated rings. The van der Waals surface area contributed by atoms with Gasteiger partial charge in [0, 0.05) is 6.20 Å². The molecule has 0 spiro atoms. The van der Waals surface area contributed by atoms with Crippen molar-refractivity contribution in [2.24, 2.45) is 0 Å². The molecule has 2 heterocycles. The first-order chi connectivity index (χ1) is 14.5. The Kier molecular flexibility index (Phi) is 6.48. The van der Waals surface area contributed by atoms with Gasteiger partial charge in [-0.2, -0.15) is 18.2 Å². The van der Waals surface area contributed by atoms with Gasteiger partial charge < -0.3 is 19.9 Å². The maximum atomic E-state index is 14.1. The molecule has 0 aliphatic carbocycles. The molecule has 2 N–H and O–H groups in total. The summed E-state index contributed by atoms with van der Waals surface area (Å²) >= 11 is 0. The smallest absolute Gasteiger partial charge is 0.422 e. The van der Waals surface area contributed by atoms with Gasteiger partial charge in [-0.05, 0) is 37.6 Å². The minimum absolute atomic E-state index is 0.0156. The van der Waals surface area contributed by atoms with E-state index in [1.54, 1.807) is 6.92 Å². The van der Waals surface area contributed by atoms with Crippen LogP contribution < -0.4 is 15.0 Å². The molecular weight excluding hydrogens is 424 g/mol. The summed E-state index contributed by atoms with van der Waals surface area (Å²) in [6.45, 7) is 1.62. The van der Waals surface area contributed by atoms with E-state index < -0.39 is 48.6 Å². The van der Waals surface area contributed by atoms with Crippen LogP contribution in [-0.4, -0.2) is 52.7 Å². The molecule has 0 radical (unpaired) electrons. The molecule has 1 aromatic carbocycles. The summed E-state index contributed by atoms with van der Waals surface area (Å²) in [7, 11) is 0. The zero-order valence-electron chi connectivity index (χ0n) is 16.6. The average molecular weight is 444 g/mol. The molecular formula is C19H20F4N4O4. The van der Waals surface area contributed by atoms with E-state index in [2.05, 4.69) is 20.0 Å². The number of ether oxygens (including phenoxy) is 2. The number of hydrogen-bond acceptors (Lipinski definition) is 7. The van der Waals surface area contributed by atoms with Crippen molar-refractivity contribution in [2.45, 2.75) is 38.2 Å². The van der Waals surface area contributed by atoms with E-state index in [4.69, 9.17) is 4.74 Å². The Balaban J connectivity index is 1.72. The van der Waals surface area contributed by atoms with Gasteiger partial charge in [-0.15, -0.1) is 0 Å². The highest BCUT2D eigenvalue weighted by Gasteiger charge is 2.38. The number of aliphatic hydroxyl groups is 1. The van der Waals surface area contributed by atoms with Gasteiger partial charge in [-0.25, -0.2) is 14.2 Å². The third-order valence-electron chi connectivity index (χ3n) is 4.54. The summed E-state index contributed by atoms with van der Waals surface area (Å²) in [4.78, 5) is 21.5. The molecule has 1 saturated heterocycles. The van der Waals surface area contributed by atoms with E-state index >= 15 is 0 Å². The lowest BCUT2D eigenvalue weighted by Gasteiger charge is -2.23. The second-order valence-electron chi connectivity index (χ2n) is 6.95. The fourth-order valence-electron chi connectivity index (χ4n) is 2.95. The number of nitrogens with one attached hydrogen (secondary N) is 1. The minimum Gasteiger partial charge on any atom is -0.481 e. The zero-order chi connectivity index (χ0) is 22.8. The predicted octanol–water partition coefficient (Wildman–Crippen LogP) is 3.44. The van der Waals surface area contributed by atoms with Crippen molar-refractivity contribution in [3.05, 3.63) is 41.8 Å². The molecule has 0 bridgehead atoms. The van der Waals surface area contributed by atoms with Crippen LogP contribution in [0, 0.1) is 5.82 Å². The molecule has 31 heavy (non-hydrogen) atoms. The zero-order valence-corrected chi connectivity index (χ0v) is 16.6. The number of anilines is 2. The number of aromatic nitrogens is 2. The number of nitrogens with zero attached hydrogens (tertiary/aromatic N) is 3. The lowest BCUT2D eigenvalue weighted by molar-refractivity contribution is -0.153. The summed E-state index contributed by atoms with van der Waals surface area (Å²) in [6.07, 6.45) is -4.67. The number of hydrogen-bond donors (Lipinski definition) is 2. The monoisotopic (exact) mass is 444 g/mol. The Hall–Kier alpha value is -3.15. The van der Waals surface area contributed by atoms with Crippen molar-refractivity contribution in [1.29, 1.82) is 0 Å². The summed E-state index contributed by atoms with van der Waals surface area (Å²) < 4.78 is 60.3. The number of benzene rings is 1. The van der Waals surface area contributed by atoms with Gasteiger partial charge in [0.1, 0.15) is 18.5 Å². The fourth-order valence-corrected chi connectivity index (χ4v) is 2.95. The molecule has 1 unspecified atom stereocenters. The standard InChI is InChI=1S/C19H20F4N4O4/c1-10(12-3-4-15(13(20)7-12)31-9-19(21,22)23)25-17-24-6-5-16(26-17)27-14(11(2)28)8-30-18(27)29/h3-7,10-11,14,28H,8-9H2,1-2H3,(H,24,25,26)/t10-,11+,14?/m0/s1. The Morgan fingerprint density at radius 3 is 2.74 bits per heavy atom. The van der Waals surface area contributed by atoms with Gasteiger partial charge in [0.05, 0.1) is 12.1 Å². The number of cyclic esters (lactones) is 1. The summed E-state index contributed by atoms with van der Waals surface area (Å²) in [5.74, 6) is -1.13. The first-order valence-corrected chi connectivity index (χ1v) is 9.28. The Labute approximate surface area is 174 Å². The van der Waals surface area contributed by atoms with Crippen LogP contribution >= 0.6 is 0 Å². The number of amides is 1. The van der Waals surface area contributed by atoms with Crippen LogP contribution in [0.15, 0.2) is 30.5 Å². The number of alkyl halides is 3. The number of halogens is 4. The van der Waals surface area contributed by atoms with E-state index in [0.29, 0.717) is 5.56 Å². The molecule has 1 aromatic heterocycles. The highest BCUT2D eigenvalue weighted by molar-refractivity contribution is 5.89. The molecule has 12 heteroatoms. The van der Waals surface area contributed by atoms with E-state index in [1.807, 2.05) is 0 Å². The van der Waals surface area contributed by atoms with Gasteiger partial charge in [-0.3, -0.25) is 4.90 Å². The van der Waals surface area contributed by atoms with Gasteiger partial charge in [0.25, 0.3) is 0 Å². The number of carbonyl (C=O) groups excluding carboxylic acids is 1. The second-order valence-corrected chi connectivity index (χ2v) is 6.95. The third kappa shape index (κ3) is 5.51. The third-order valence-corrected chi connectivity index (χ3v) is 4.54. The van der Waals surface area contributed by atoms with Gasteiger partial charge in [0.2, 0.25) is 5.95 Å². The molecule has 3 atom stereocenters. The average Bonchev–Trinajstić information content (AvgIpc) is 3.08. The quantitative estimate of drug-likeness (QED) is 0.632. The summed E-state index contributed by atoms with van der Waals surface area (Å²) in [5, 5.41) is 12.8. The van der Waals surface area contributed by atoms with Crippen LogP contribution in [0.2, 0.25) is 0 Å². The molecule has 2 aromatic rings. The molecule has 1 aliphatic rings. The van der Waals surface area contributed by atoms with Crippen LogP contribution in [0.5, 0.6) is 5.75 Å². The molecule has 0 saturated carbocycles. The van der Waals surface area contributed by atoms with Crippen LogP contribution in [0.25, 0.3) is 0 Å². The highest BCUT2D eigenvalue weighted by atomic mass is 19.4. The second kappa shape index (κ2) is 8.92. The number of rotatable bonds is 7. The van der Waals surface area contributed by atoms with Crippen molar-refractivity contribution in [2.75, 3.05) is 23.4 Å². The van der Waals surface area contributed by atoms with Crippen molar-refractivity contribution >= 4 is 17.9 Å². The van der Waals surface area contributed by atoms with Crippen LogP contribution in [-0.2, 0) is 4.74 Å².